The van der Waals surface area contributed by atoms with Gasteiger partial charge in [0, 0.05) is 5.71 Å². The molecule has 1 saturated heterocycles. The van der Waals surface area contributed by atoms with Crippen LogP contribution < -0.4 is 0 Å². The van der Waals surface area contributed by atoms with Crippen molar-refractivity contribution >= 4 is 17.8 Å². The van der Waals surface area contributed by atoms with Gasteiger partial charge in [0.15, 0.2) is 0 Å². The molecule has 0 aliphatic carbocycles. The summed E-state index contributed by atoms with van der Waals surface area (Å²) in [6, 6.07) is 9.79. The Morgan fingerprint density at radius 3 is 2.44 bits per heavy atom. The summed E-state index contributed by atoms with van der Waals surface area (Å²) in [7, 11) is 1.35. The summed E-state index contributed by atoms with van der Waals surface area (Å²) in [4.78, 5) is 29.6. The number of carbonyl (C=O) groups is 2. The molecule has 1 aromatic carbocycles. The molecule has 0 unspecified atom stereocenters. The van der Waals surface area contributed by atoms with E-state index in [9.17, 15) is 9.59 Å². The Morgan fingerprint density at radius 1 is 1.19 bits per heavy atom. The number of hydrogen-bond donors (Lipinski definition) is 0. The summed E-state index contributed by atoms with van der Waals surface area (Å²) in [5, 5.41) is 0. The van der Waals surface area contributed by atoms with Crippen LogP contribution in [0.25, 0.3) is 0 Å². The first-order valence-electron chi connectivity index (χ1n) is 8.99. The molecule has 7 heteroatoms. The monoisotopic (exact) mass is 376 g/mol. The zero-order valence-corrected chi connectivity index (χ0v) is 16.4. The first-order valence-corrected chi connectivity index (χ1v) is 8.99. The Bertz CT molecular complexity index is 661. The summed E-state index contributed by atoms with van der Waals surface area (Å²) in [5.74, 6) is -0.352. The van der Waals surface area contributed by atoms with Crippen LogP contribution in [0.15, 0.2) is 35.3 Å². The van der Waals surface area contributed by atoms with Gasteiger partial charge in [-0.25, -0.2) is 4.79 Å². The first-order chi connectivity index (χ1) is 12.8. The Kier molecular flexibility index (Phi) is 7.36. The molecule has 1 fully saturated rings. The minimum Gasteiger partial charge on any atom is -0.469 e. The van der Waals surface area contributed by atoms with Crippen LogP contribution in [0.3, 0.4) is 0 Å². The molecule has 1 aliphatic rings. The fourth-order valence-corrected chi connectivity index (χ4v) is 2.41. The van der Waals surface area contributed by atoms with Crippen LogP contribution >= 0.6 is 0 Å². The number of likely N-dealkylation sites (tertiary alicyclic amines) is 1. The summed E-state index contributed by atoms with van der Waals surface area (Å²) >= 11 is 0. The van der Waals surface area contributed by atoms with Crippen molar-refractivity contribution in [3.63, 3.8) is 0 Å². The van der Waals surface area contributed by atoms with Crippen LogP contribution in [0.4, 0.5) is 4.79 Å². The number of aliphatic imine (C=N–C) groups is 1. The predicted molar refractivity (Wildman–Crippen MR) is 102 cm³/mol. The number of nitrogens with zero attached hydrogens (tertiary/aromatic N) is 2. The molecule has 0 radical (unpaired) electrons. The van der Waals surface area contributed by atoms with E-state index in [1.54, 1.807) is 4.90 Å². The highest BCUT2D eigenvalue weighted by atomic mass is 16.6. The highest BCUT2D eigenvalue weighted by molar-refractivity contribution is 5.99. The largest absolute Gasteiger partial charge is 0.469 e. The smallest absolute Gasteiger partial charge is 0.410 e. The van der Waals surface area contributed by atoms with Gasteiger partial charge >= 0.3 is 12.1 Å². The number of carbonyl (C=O) groups excluding carboxylic acids is 2. The van der Waals surface area contributed by atoms with E-state index in [0.29, 0.717) is 25.3 Å². The normalized spacial score (nSPS) is 15.3. The molecule has 148 valence electrons. The van der Waals surface area contributed by atoms with E-state index < -0.39 is 5.60 Å². The van der Waals surface area contributed by atoms with Crippen LogP contribution in [0, 0.1) is 0 Å². The van der Waals surface area contributed by atoms with Crippen LogP contribution in [0.1, 0.15) is 32.8 Å². The van der Waals surface area contributed by atoms with Gasteiger partial charge in [-0.15, -0.1) is 0 Å². The number of amides is 1. The molecule has 0 aromatic heterocycles. The lowest BCUT2D eigenvalue weighted by Crippen LogP contribution is -2.56. The van der Waals surface area contributed by atoms with Gasteiger partial charge < -0.3 is 19.1 Å². The molecular weight excluding hydrogens is 348 g/mol. The molecule has 0 bridgehead atoms. The number of benzene rings is 1. The van der Waals surface area contributed by atoms with E-state index in [4.69, 9.17) is 14.2 Å². The average Bonchev–Trinajstić information content (AvgIpc) is 2.57. The van der Waals surface area contributed by atoms with Gasteiger partial charge in [-0.2, -0.15) is 0 Å². The molecule has 27 heavy (non-hydrogen) atoms. The molecule has 0 saturated carbocycles. The Labute approximate surface area is 160 Å². The van der Waals surface area contributed by atoms with E-state index in [2.05, 4.69) is 4.99 Å². The minimum atomic E-state index is -0.513. The number of esters is 1. The highest BCUT2D eigenvalue weighted by Gasteiger charge is 2.34. The second kappa shape index (κ2) is 9.50. The van der Waals surface area contributed by atoms with Crippen LogP contribution in [-0.4, -0.2) is 61.2 Å². The van der Waals surface area contributed by atoms with Gasteiger partial charge in [-0.1, -0.05) is 30.3 Å². The Balaban J connectivity index is 1.82. The third kappa shape index (κ3) is 7.38. The van der Waals surface area contributed by atoms with Crippen LogP contribution in [-0.2, 0) is 25.5 Å². The lowest BCUT2D eigenvalue weighted by molar-refractivity contribution is -0.139. The zero-order chi connectivity index (χ0) is 19.9. The fourth-order valence-electron chi connectivity index (χ4n) is 2.41. The molecule has 1 aromatic rings. The van der Waals surface area contributed by atoms with Crippen molar-refractivity contribution in [2.75, 3.05) is 26.8 Å². The third-order valence-electron chi connectivity index (χ3n) is 3.89. The van der Waals surface area contributed by atoms with Crippen molar-refractivity contribution in [3.05, 3.63) is 35.9 Å². The van der Waals surface area contributed by atoms with E-state index >= 15 is 0 Å². The number of ether oxygens (including phenoxy) is 3. The summed E-state index contributed by atoms with van der Waals surface area (Å²) < 4.78 is 15.8. The predicted octanol–water partition coefficient (Wildman–Crippen LogP) is 2.83. The van der Waals surface area contributed by atoms with Gasteiger partial charge in [-0.05, 0) is 26.3 Å². The van der Waals surface area contributed by atoms with E-state index in [1.807, 2.05) is 51.1 Å². The van der Waals surface area contributed by atoms with Gasteiger partial charge in [0.05, 0.1) is 45.9 Å². The van der Waals surface area contributed by atoms with Gasteiger partial charge in [0.1, 0.15) is 5.60 Å². The summed E-state index contributed by atoms with van der Waals surface area (Å²) in [6.45, 7) is 7.15. The maximum Gasteiger partial charge on any atom is 0.410 e. The lowest BCUT2D eigenvalue weighted by atomic mass is 10.1. The van der Waals surface area contributed by atoms with Crippen molar-refractivity contribution in [1.29, 1.82) is 0 Å². The molecule has 1 aliphatic heterocycles. The molecule has 7 nitrogen and oxygen atoms in total. The molecule has 0 spiro atoms. The van der Waals surface area contributed by atoms with Crippen LogP contribution in [0.5, 0.6) is 0 Å². The molecule has 0 atom stereocenters. The zero-order valence-electron chi connectivity index (χ0n) is 16.4. The number of methoxy groups -OCH3 is 1. The first kappa shape index (κ1) is 20.9. The van der Waals surface area contributed by atoms with Crippen molar-refractivity contribution in [2.45, 2.75) is 45.4 Å². The van der Waals surface area contributed by atoms with Crippen molar-refractivity contribution < 1.29 is 23.8 Å². The van der Waals surface area contributed by atoms with Crippen molar-refractivity contribution in [3.8, 4) is 0 Å². The Hall–Kier alpha value is -2.41. The SMILES string of the molecule is COC(=O)CC(COC1CN(C(=O)OC(C)(C)C)C1)=NCc1ccccc1. The fraction of sp³-hybridized carbons (Fsp3) is 0.550. The topological polar surface area (TPSA) is 77.4 Å². The van der Waals surface area contributed by atoms with Crippen molar-refractivity contribution in [2.24, 2.45) is 4.99 Å². The summed E-state index contributed by atoms with van der Waals surface area (Å²) in [5.41, 5.74) is 1.17. The Morgan fingerprint density at radius 2 is 1.85 bits per heavy atom. The molecule has 1 heterocycles. The highest BCUT2D eigenvalue weighted by Crippen LogP contribution is 2.17. The number of rotatable bonds is 7. The standard InChI is InChI=1S/C20H28N2O5/c1-20(2,3)27-19(24)22-12-17(13-22)26-14-16(10-18(23)25-4)21-11-15-8-6-5-7-9-15/h5-9,17H,10-14H2,1-4H3. The second-order valence-electron chi connectivity index (χ2n) is 7.44. The van der Waals surface area contributed by atoms with Gasteiger partial charge in [-0.3, -0.25) is 9.79 Å². The van der Waals surface area contributed by atoms with Gasteiger partial charge in [0.25, 0.3) is 0 Å². The van der Waals surface area contributed by atoms with Crippen LogP contribution in [0.2, 0.25) is 0 Å². The maximum absolute atomic E-state index is 11.9. The number of hydrogen-bond acceptors (Lipinski definition) is 6. The molecule has 0 N–H and O–H groups in total. The molecule has 1 amide bonds. The lowest BCUT2D eigenvalue weighted by Gasteiger charge is -2.39. The summed E-state index contributed by atoms with van der Waals surface area (Å²) in [6.07, 6.45) is -0.335. The van der Waals surface area contributed by atoms with E-state index in [-0.39, 0.29) is 31.2 Å². The maximum atomic E-state index is 11.9. The molecular formula is C20H28N2O5. The van der Waals surface area contributed by atoms with E-state index in [1.165, 1.54) is 7.11 Å². The quantitative estimate of drug-likeness (QED) is 0.540. The average molecular weight is 376 g/mol. The minimum absolute atomic E-state index is 0.0860. The second-order valence-corrected chi connectivity index (χ2v) is 7.44. The van der Waals surface area contributed by atoms with Gasteiger partial charge in [0.2, 0.25) is 0 Å². The van der Waals surface area contributed by atoms with Crippen molar-refractivity contribution in [1.82, 2.24) is 4.90 Å². The third-order valence-corrected chi connectivity index (χ3v) is 3.89. The molecule has 2 rings (SSSR count). The van der Waals surface area contributed by atoms with E-state index in [0.717, 1.165) is 5.56 Å².